The van der Waals surface area contributed by atoms with E-state index >= 15 is 0 Å². The van der Waals surface area contributed by atoms with Crippen LogP contribution in [0.3, 0.4) is 0 Å². The lowest BCUT2D eigenvalue weighted by Gasteiger charge is -2.42. The van der Waals surface area contributed by atoms with Crippen LogP contribution in [0.5, 0.6) is 0 Å². The Morgan fingerprint density at radius 1 is 1.18 bits per heavy atom. The van der Waals surface area contributed by atoms with Crippen molar-refractivity contribution in [3.8, 4) is 10.6 Å². The number of carbonyl (C=O) groups is 1. The molecule has 2 saturated heterocycles. The third-order valence-electron chi connectivity index (χ3n) is 8.08. The van der Waals surface area contributed by atoms with E-state index in [9.17, 15) is 13.6 Å². The first-order valence-corrected chi connectivity index (χ1v) is 15.0. The van der Waals surface area contributed by atoms with Crippen molar-refractivity contribution in [2.45, 2.75) is 59.1 Å². The topological polar surface area (TPSA) is 54.5 Å². The first kappa shape index (κ1) is 28.8. The fourth-order valence-corrected chi connectivity index (χ4v) is 7.07. The molecule has 1 N–H and O–H groups in total. The molecule has 0 spiro atoms. The molecular formula is C32H39F2N3O2S. The summed E-state index contributed by atoms with van der Waals surface area (Å²) in [4.78, 5) is 22.2. The van der Waals surface area contributed by atoms with Crippen LogP contribution in [0.15, 0.2) is 48.5 Å². The lowest BCUT2D eigenvalue weighted by atomic mass is 9.81. The third-order valence-corrected chi connectivity index (χ3v) is 9.19. The van der Waals surface area contributed by atoms with Crippen LogP contribution in [-0.2, 0) is 16.0 Å². The van der Waals surface area contributed by atoms with E-state index in [4.69, 9.17) is 9.72 Å². The van der Waals surface area contributed by atoms with Gasteiger partial charge < -0.3 is 15.0 Å². The molecule has 3 heterocycles. The van der Waals surface area contributed by atoms with Crippen molar-refractivity contribution in [2.24, 2.45) is 17.3 Å². The molecule has 2 aromatic carbocycles. The molecule has 0 bridgehead atoms. The highest BCUT2D eigenvalue weighted by molar-refractivity contribution is 7.15. The summed E-state index contributed by atoms with van der Waals surface area (Å²) < 4.78 is 35.1. The summed E-state index contributed by atoms with van der Waals surface area (Å²) in [5, 5.41) is 3.90. The van der Waals surface area contributed by atoms with Crippen LogP contribution in [-0.4, -0.2) is 48.1 Å². The maximum absolute atomic E-state index is 15.0. The van der Waals surface area contributed by atoms with Crippen molar-refractivity contribution in [2.75, 3.05) is 26.2 Å². The Kier molecular flexibility index (Phi) is 8.69. The zero-order valence-corrected chi connectivity index (χ0v) is 24.6. The van der Waals surface area contributed by atoms with Crippen molar-refractivity contribution in [1.82, 2.24) is 15.2 Å². The number of nitrogens with zero attached hydrogens (tertiary/aromatic N) is 2. The zero-order chi connectivity index (χ0) is 28.4. The summed E-state index contributed by atoms with van der Waals surface area (Å²) in [6, 6.07) is 13.2. The van der Waals surface area contributed by atoms with E-state index in [2.05, 4.69) is 45.1 Å². The van der Waals surface area contributed by atoms with E-state index in [1.165, 1.54) is 17.4 Å². The van der Waals surface area contributed by atoms with Crippen LogP contribution in [0.4, 0.5) is 8.78 Å². The largest absolute Gasteiger partial charge is 0.368 e. The Morgan fingerprint density at radius 2 is 1.95 bits per heavy atom. The molecule has 2 aliphatic rings. The van der Waals surface area contributed by atoms with Crippen molar-refractivity contribution in [3.05, 3.63) is 76.3 Å². The number of amides is 1. The second kappa shape index (κ2) is 12.0. The SMILES string of the molecule is C[C@H]1CNCC1CN(C(=O)C1CCCO1)[C@@H](c1nc(-c2cc(F)ccc2F)sc1Cc1ccccc1)C(C)(C)C. The average Bonchev–Trinajstić information content (AvgIpc) is 3.67. The molecule has 5 rings (SSSR count). The van der Waals surface area contributed by atoms with E-state index in [1.54, 1.807) is 0 Å². The minimum Gasteiger partial charge on any atom is -0.368 e. The maximum atomic E-state index is 15.0. The summed E-state index contributed by atoms with van der Waals surface area (Å²) in [6.45, 7) is 11.5. The normalized spacial score (nSPS) is 22.0. The fraction of sp³-hybridized carbons (Fsp3) is 0.500. The highest BCUT2D eigenvalue weighted by atomic mass is 32.1. The number of ether oxygens (including phenoxy) is 1. The number of benzene rings is 2. The first-order valence-electron chi connectivity index (χ1n) is 14.2. The van der Waals surface area contributed by atoms with Crippen LogP contribution in [0.25, 0.3) is 10.6 Å². The van der Waals surface area contributed by atoms with E-state index in [1.807, 2.05) is 23.1 Å². The van der Waals surface area contributed by atoms with Crippen molar-refractivity contribution < 1.29 is 18.3 Å². The van der Waals surface area contributed by atoms with Gasteiger partial charge in [0.25, 0.3) is 5.91 Å². The van der Waals surface area contributed by atoms with Gasteiger partial charge in [-0.25, -0.2) is 13.8 Å². The molecule has 214 valence electrons. The molecular weight excluding hydrogens is 528 g/mol. The summed E-state index contributed by atoms with van der Waals surface area (Å²) >= 11 is 1.38. The van der Waals surface area contributed by atoms with Crippen molar-refractivity contribution in [1.29, 1.82) is 0 Å². The standard InChI is InChI=1S/C32H39F2N3O2S/c1-20-17-35-18-22(20)19-37(31(38)26-11-8-14-39-26)29(32(2,3)4)28-27(15-21-9-6-5-7-10-21)40-30(36-28)24-16-23(33)12-13-25(24)34/h5-7,9-10,12-13,16,20,22,26,29,35H,8,11,14-15,17-19H2,1-4H3/t20-,22?,26?,29-/m0/s1. The summed E-state index contributed by atoms with van der Waals surface area (Å²) in [5.74, 6) is -0.307. The van der Waals surface area contributed by atoms with Gasteiger partial charge in [0.05, 0.1) is 11.7 Å². The van der Waals surface area contributed by atoms with Crippen LogP contribution >= 0.6 is 11.3 Å². The van der Waals surface area contributed by atoms with E-state index in [-0.39, 0.29) is 22.9 Å². The molecule has 3 aromatic rings. The number of thiazole rings is 1. The van der Waals surface area contributed by atoms with Gasteiger partial charge >= 0.3 is 0 Å². The number of aromatic nitrogens is 1. The smallest absolute Gasteiger partial charge is 0.252 e. The highest BCUT2D eigenvalue weighted by Gasteiger charge is 2.43. The van der Waals surface area contributed by atoms with Gasteiger partial charge in [0.1, 0.15) is 22.7 Å². The fourth-order valence-electron chi connectivity index (χ4n) is 5.93. The third kappa shape index (κ3) is 6.29. The van der Waals surface area contributed by atoms with Gasteiger partial charge in [-0.05, 0) is 66.9 Å². The number of hydrogen-bond acceptors (Lipinski definition) is 5. The Hall–Kier alpha value is -2.68. The molecule has 8 heteroatoms. The lowest BCUT2D eigenvalue weighted by molar-refractivity contribution is -0.147. The molecule has 0 aliphatic carbocycles. The molecule has 2 aliphatic heterocycles. The first-order chi connectivity index (χ1) is 19.1. The van der Waals surface area contributed by atoms with E-state index < -0.39 is 17.7 Å². The van der Waals surface area contributed by atoms with Gasteiger partial charge in [0.15, 0.2) is 0 Å². The summed E-state index contributed by atoms with van der Waals surface area (Å²) in [5.41, 5.74) is 1.60. The van der Waals surface area contributed by atoms with Gasteiger partial charge in [-0.2, -0.15) is 0 Å². The van der Waals surface area contributed by atoms with Gasteiger partial charge in [-0.1, -0.05) is 58.0 Å². The maximum Gasteiger partial charge on any atom is 0.252 e. The Morgan fingerprint density at radius 3 is 2.60 bits per heavy atom. The molecule has 2 unspecified atom stereocenters. The molecule has 1 aromatic heterocycles. The molecule has 0 saturated carbocycles. The molecule has 0 radical (unpaired) electrons. The minimum absolute atomic E-state index is 0.00586. The molecule has 1 amide bonds. The average molecular weight is 568 g/mol. The number of nitrogens with one attached hydrogen (secondary N) is 1. The predicted octanol–water partition coefficient (Wildman–Crippen LogP) is 6.63. The van der Waals surface area contributed by atoms with Gasteiger partial charge in [-0.3, -0.25) is 4.79 Å². The second-order valence-corrected chi connectivity index (χ2v) is 13.4. The number of halogens is 2. The zero-order valence-electron chi connectivity index (χ0n) is 23.8. The molecule has 2 fully saturated rings. The van der Waals surface area contributed by atoms with Crippen LogP contribution in [0, 0.1) is 28.9 Å². The Balaban J connectivity index is 1.64. The number of hydrogen-bond donors (Lipinski definition) is 1. The Bertz CT molecular complexity index is 1320. The highest BCUT2D eigenvalue weighted by Crippen LogP contribution is 2.44. The quantitative estimate of drug-likeness (QED) is 0.332. The van der Waals surface area contributed by atoms with Crippen LogP contribution in [0.2, 0.25) is 0 Å². The summed E-state index contributed by atoms with van der Waals surface area (Å²) in [7, 11) is 0. The molecule has 5 nitrogen and oxygen atoms in total. The molecule has 40 heavy (non-hydrogen) atoms. The summed E-state index contributed by atoms with van der Waals surface area (Å²) in [6.07, 6.45) is 1.69. The number of rotatable bonds is 8. The van der Waals surface area contributed by atoms with Gasteiger partial charge in [0, 0.05) is 30.0 Å². The van der Waals surface area contributed by atoms with Crippen molar-refractivity contribution in [3.63, 3.8) is 0 Å². The van der Waals surface area contributed by atoms with Gasteiger partial charge in [-0.15, -0.1) is 11.3 Å². The molecule has 4 atom stereocenters. The van der Waals surface area contributed by atoms with Crippen LogP contribution < -0.4 is 5.32 Å². The van der Waals surface area contributed by atoms with Crippen LogP contribution in [0.1, 0.15) is 62.7 Å². The Labute approximate surface area is 240 Å². The number of carbonyl (C=O) groups excluding carboxylic acids is 1. The van der Waals surface area contributed by atoms with Crippen molar-refractivity contribution >= 4 is 17.2 Å². The minimum atomic E-state index is -0.515. The van der Waals surface area contributed by atoms with Gasteiger partial charge in [0.2, 0.25) is 0 Å². The lowest BCUT2D eigenvalue weighted by Crippen LogP contribution is -2.48. The second-order valence-electron chi connectivity index (χ2n) is 12.3. The predicted molar refractivity (Wildman–Crippen MR) is 155 cm³/mol. The van der Waals surface area contributed by atoms with E-state index in [0.29, 0.717) is 42.8 Å². The van der Waals surface area contributed by atoms with E-state index in [0.717, 1.165) is 47.8 Å². The monoisotopic (exact) mass is 567 g/mol.